The van der Waals surface area contributed by atoms with Gasteiger partial charge in [0.1, 0.15) is 5.75 Å². The Balaban J connectivity index is 1.33. The van der Waals surface area contributed by atoms with Crippen LogP contribution in [0.2, 0.25) is 0 Å². The molecule has 0 aromatic heterocycles. The van der Waals surface area contributed by atoms with E-state index >= 15 is 0 Å². The Kier molecular flexibility index (Phi) is 5.37. The number of hydrogen-bond acceptors (Lipinski definition) is 3. The molecule has 1 aromatic carbocycles. The molecule has 2 atom stereocenters. The van der Waals surface area contributed by atoms with Gasteiger partial charge in [-0.3, -0.25) is 0 Å². The maximum atomic E-state index is 10.7. The highest BCUT2D eigenvalue weighted by molar-refractivity contribution is 5.20. The molecule has 3 nitrogen and oxygen atoms in total. The highest BCUT2D eigenvalue weighted by atomic mass is 16.5. The van der Waals surface area contributed by atoms with Crippen LogP contribution in [-0.4, -0.2) is 41.8 Å². The minimum absolute atomic E-state index is 0.342. The van der Waals surface area contributed by atoms with Crippen molar-refractivity contribution in [1.29, 1.82) is 0 Å². The molecular formula is C19H29NO2. The number of aliphatic hydroxyl groups is 1. The average molecular weight is 303 g/mol. The number of rotatable bonds is 6. The van der Waals surface area contributed by atoms with Crippen LogP contribution in [0.15, 0.2) is 30.3 Å². The Bertz CT molecular complexity index is 450. The summed E-state index contributed by atoms with van der Waals surface area (Å²) >= 11 is 0. The first kappa shape index (κ1) is 15.8. The number of hydrogen-bond donors (Lipinski definition) is 1. The standard InChI is InChI=1S/C19H29NO2/c21-19-11-5-4-8-17(19)16-20(14-12-19)13-6-7-15-22-18-9-2-1-3-10-18/h1-3,9-10,17,21H,4-8,11-16H2/t17-,19-/m0/s1. The summed E-state index contributed by atoms with van der Waals surface area (Å²) in [5.41, 5.74) is -0.342. The second-order valence-electron chi connectivity index (χ2n) is 6.97. The lowest BCUT2D eigenvalue weighted by Gasteiger charge is -2.47. The number of para-hydroxylation sites is 1. The summed E-state index contributed by atoms with van der Waals surface area (Å²) in [6.07, 6.45) is 7.99. The monoisotopic (exact) mass is 303 g/mol. The fourth-order valence-corrected chi connectivity index (χ4v) is 3.99. The van der Waals surface area contributed by atoms with E-state index in [1.807, 2.05) is 30.3 Å². The van der Waals surface area contributed by atoms with E-state index in [0.29, 0.717) is 5.92 Å². The van der Waals surface area contributed by atoms with Crippen molar-refractivity contribution in [3.8, 4) is 5.75 Å². The van der Waals surface area contributed by atoms with Gasteiger partial charge in [-0.15, -0.1) is 0 Å². The van der Waals surface area contributed by atoms with Gasteiger partial charge in [0.25, 0.3) is 0 Å². The van der Waals surface area contributed by atoms with E-state index in [0.717, 1.165) is 51.3 Å². The predicted octanol–water partition coefficient (Wildman–Crippen LogP) is 3.47. The lowest BCUT2D eigenvalue weighted by atomic mass is 9.71. The second-order valence-corrected chi connectivity index (χ2v) is 6.97. The van der Waals surface area contributed by atoms with E-state index < -0.39 is 0 Å². The van der Waals surface area contributed by atoms with Gasteiger partial charge in [0, 0.05) is 19.0 Å². The maximum absolute atomic E-state index is 10.7. The molecule has 22 heavy (non-hydrogen) atoms. The highest BCUT2D eigenvalue weighted by Crippen LogP contribution is 2.39. The molecule has 2 aliphatic rings. The van der Waals surface area contributed by atoms with Crippen LogP contribution in [0, 0.1) is 5.92 Å². The summed E-state index contributed by atoms with van der Waals surface area (Å²) in [5.74, 6) is 1.48. The number of benzene rings is 1. The molecule has 1 aliphatic heterocycles. The van der Waals surface area contributed by atoms with E-state index in [4.69, 9.17) is 4.74 Å². The molecule has 0 amide bonds. The summed E-state index contributed by atoms with van der Waals surface area (Å²) in [6.45, 7) is 4.10. The predicted molar refractivity (Wildman–Crippen MR) is 89.1 cm³/mol. The SMILES string of the molecule is O[C@]12CCCC[C@H]1CN(CCCCOc1ccccc1)CC2. The molecule has 122 valence electrons. The summed E-state index contributed by atoms with van der Waals surface area (Å²) in [4.78, 5) is 2.55. The van der Waals surface area contributed by atoms with Crippen LogP contribution in [0.3, 0.4) is 0 Å². The van der Waals surface area contributed by atoms with Gasteiger partial charge >= 0.3 is 0 Å². The second kappa shape index (κ2) is 7.47. The van der Waals surface area contributed by atoms with Gasteiger partial charge in [-0.1, -0.05) is 31.0 Å². The molecule has 1 heterocycles. The third-order valence-electron chi connectivity index (χ3n) is 5.39. The quantitative estimate of drug-likeness (QED) is 0.817. The number of unbranched alkanes of at least 4 members (excludes halogenated alkanes) is 1. The third kappa shape index (κ3) is 4.02. The lowest BCUT2D eigenvalue weighted by molar-refractivity contribution is -0.0954. The van der Waals surface area contributed by atoms with Gasteiger partial charge in [-0.25, -0.2) is 0 Å². The summed E-state index contributed by atoms with van der Waals surface area (Å²) in [6, 6.07) is 10.0. The van der Waals surface area contributed by atoms with Crippen LogP contribution >= 0.6 is 0 Å². The summed E-state index contributed by atoms with van der Waals surface area (Å²) in [5, 5.41) is 10.7. The fourth-order valence-electron chi connectivity index (χ4n) is 3.99. The van der Waals surface area contributed by atoms with Crippen molar-refractivity contribution in [1.82, 2.24) is 4.90 Å². The van der Waals surface area contributed by atoms with Crippen molar-refractivity contribution in [2.24, 2.45) is 5.92 Å². The number of likely N-dealkylation sites (tertiary alicyclic amines) is 1. The van der Waals surface area contributed by atoms with Crippen LogP contribution in [-0.2, 0) is 0 Å². The Morgan fingerprint density at radius 2 is 2.00 bits per heavy atom. The molecule has 2 fully saturated rings. The molecule has 1 saturated heterocycles. The van der Waals surface area contributed by atoms with Crippen LogP contribution in [0.5, 0.6) is 5.75 Å². The van der Waals surface area contributed by atoms with Crippen molar-refractivity contribution < 1.29 is 9.84 Å². The van der Waals surface area contributed by atoms with Crippen LogP contribution in [0.4, 0.5) is 0 Å². The Labute approximate surface area is 134 Å². The molecule has 0 unspecified atom stereocenters. The zero-order valence-corrected chi connectivity index (χ0v) is 13.5. The smallest absolute Gasteiger partial charge is 0.119 e. The van der Waals surface area contributed by atoms with E-state index in [2.05, 4.69) is 4.90 Å². The van der Waals surface area contributed by atoms with Crippen LogP contribution < -0.4 is 4.74 Å². The van der Waals surface area contributed by atoms with Crippen molar-refractivity contribution in [2.45, 2.75) is 50.5 Å². The van der Waals surface area contributed by atoms with Gasteiger partial charge in [-0.05, 0) is 50.8 Å². The highest BCUT2D eigenvalue weighted by Gasteiger charge is 2.42. The first-order valence-electron chi connectivity index (χ1n) is 8.89. The van der Waals surface area contributed by atoms with Gasteiger partial charge in [-0.2, -0.15) is 0 Å². The fraction of sp³-hybridized carbons (Fsp3) is 0.684. The van der Waals surface area contributed by atoms with Crippen molar-refractivity contribution in [2.75, 3.05) is 26.2 Å². The zero-order chi connectivity index (χ0) is 15.3. The van der Waals surface area contributed by atoms with E-state index in [9.17, 15) is 5.11 Å². The molecule has 3 heteroatoms. The van der Waals surface area contributed by atoms with Gasteiger partial charge in [0.15, 0.2) is 0 Å². The van der Waals surface area contributed by atoms with E-state index in [-0.39, 0.29) is 5.60 Å². The minimum atomic E-state index is -0.342. The van der Waals surface area contributed by atoms with Crippen molar-refractivity contribution in [3.63, 3.8) is 0 Å². The number of ether oxygens (including phenoxy) is 1. The Morgan fingerprint density at radius 1 is 1.14 bits per heavy atom. The molecule has 3 rings (SSSR count). The van der Waals surface area contributed by atoms with Crippen molar-refractivity contribution in [3.05, 3.63) is 30.3 Å². The molecule has 0 spiro atoms. The summed E-state index contributed by atoms with van der Waals surface area (Å²) < 4.78 is 5.74. The third-order valence-corrected chi connectivity index (χ3v) is 5.39. The first-order chi connectivity index (χ1) is 10.8. The molecule has 1 aromatic rings. The lowest BCUT2D eigenvalue weighted by Crippen LogP contribution is -2.53. The maximum Gasteiger partial charge on any atom is 0.119 e. The van der Waals surface area contributed by atoms with Gasteiger partial charge in [0.05, 0.1) is 12.2 Å². The molecule has 1 N–H and O–H groups in total. The molecular weight excluding hydrogens is 274 g/mol. The van der Waals surface area contributed by atoms with Crippen LogP contribution in [0.1, 0.15) is 44.9 Å². The number of piperidine rings is 1. The molecule has 1 aliphatic carbocycles. The van der Waals surface area contributed by atoms with Crippen LogP contribution in [0.25, 0.3) is 0 Å². The van der Waals surface area contributed by atoms with Crippen molar-refractivity contribution >= 4 is 0 Å². The average Bonchev–Trinajstić information content (AvgIpc) is 2.55. The van der Waals surface area contributed by atoms with E-state index in [1.54, 1.807) is 0 Å². The van der Waals surface area contributed by atoms with Gasteiger partial charge < -0.3 is 14.7 Å². The Morgan fingerprint density at radius 3 is 2.86 bits per heavy atom. The van der Waals surface area contributed by atoms with E-state index in [1.165, 1.54) is 25.7 Å². The minimum Gasteiger partial charge on any atom is -0.494 e. The topological polar surface area (TPSA) is 32.7 Å². The zero-order valence-electron chi connectivity index (χ0n) is 13.5. The molecule has 1 saturated carbocycles. The van der Waals surface area contributed by atoms with Gasteiger partial charge in [0.2, 0.25) is 0 Å². The molecule has 0 bridgehead atoms. The summed E-state index contributed by atoms with van der Waals surface area (Å²) in [7, 11) is 0. The number of fused-ring (bicyclic) bond motifs is 1. The largest absolute Gasteiger partial charge is 0.494 e. The first-order valence-corrected chi connectivity index (χ1v) is 8.89. The number of nitrogens with zero attached hydrogens (tertiary/aromatic N) is 1. The molecule has 0 radical (unpaired) electrons. The normalized spacial score (nSPS) is 29.0. The Hall–Kier alpha value is -1.06.